The SMILES string of the molecule is CC(C)N(C)c1cccc(C(N)=O)c1. The van der Waals surface area contributed by atoms with Crippen molar-refractivity contribution in [2.24, 2.45) is 5.73 Å². The quantitative estimate of drug-likeness (QED) is 0.791. The van der Waals surface area contributed by atoms with Gasteiger partial charge in [0.1, 0.15) is 0 Å². The number of primary amides is 1. The molecule has 0 saturated heterocycles. The van der Waals surface area contributed by atoms with E-state index in [0.29, 0.717) is 11.6 Å². The first-order valence-electron chi connectivity index (χ1n) is 4.65. The van der Waals surface area contributed by atoms with Gasteiger partial charge in [0, 0.05) is 24.3 Å². The predicted octanol–water partition coefficient (Wildman–Crippen LogP) is 1.63. The fourth-order valence-corrected chi connectivity index (χ4v) is 1.18. The molecule has 2 N–H and O–H groups in total. The van der Waals surface area contributed by atoms with Crippen molar-refractivity contribution < 1.29 is 4.79 Å². The monoisotopic (exact) mass is 192 g/mol. The lowest BCUT2D eigenvalue weighted by Gasteiger charge is -2.23. The molecule has 0 heterocycles. The van der Waals surface area contributed by atoms with Crippen LogP contribution in [0, 0.1) is 0 Å². The van der Waals surface area contributed by atoms with Crippen LogP contribution in [0.15, 0.2) is 24.3 Å². The zero-order valence-electron chi connectivity index (χ0n) is 8.82. The summed E-state index contributed by atoms with van der Waals surface area (Å²) < 4.78 is 0. The Bertz CT molecular complexity index is 334. The van der Waals surface area contributed by atoms with E-state index < -0.39 is 0 Å². The van der Waals surface area contributed by atoms with Crippen molar-refractivity contribution in [2.75, 3.05) is 11.9 Å². The van der Waals surface area contributed by atoms with Gasteiger partial charge in [0.2, 0.25) is 5.91 Å². The zero-order valence-corrected chi connectivity index (χ0v) is 8.82. The van der Waals surface area contributed by atoms with Gasteiger partial charge in [0.15, 0.2) is 0 Å². The van der Waals surface area contributed by atoms with Gasteiger partial charge in [-0.05, 0) is 32.0 Å². The molecule has 1 amide bonds. The molecule has 14 heavy (non-hydrogen) atoms. The zero-order chi connectivity index (χ0) is 10.7. The number of benzene rings is 1. The van der Waals surface area contributed by atoms with E-state index in [9.17, 15) is 4.79 Å². The highest BCUT2D eigenvalue weighted by Crippen LogP contribution is 2.16. The lowest BCUT2D eigenvalue weighted by atomic mass is 10.1. The van der Waals surface area contributed by atoms with Gasteiger partial charge in [-0.15, -0.1) is 0 Å². The number of anilines is 1. The largest absolute Gasteiger partial charge is 0.372 e. The van der Waals surface area contributed by atoms with Crippen molar-refractivity contribution in [1.82, 2.24) is 0 Å². The van der Waals surface area contributed by atoms with Crippen LogP contribution >= 0.6 is 0 Å². The second-order valence-corrected chi connectivity index (χ2v) is 3.62. The number of nitrogens with zero attached hydrogens (tertiary/aromatic N) is 1. The first-order chi connectivity index (χ1) is 6.52. The number of hydrogen-bond donors (Lipinski definition) is 1. The molecule has 76 valence electrons. The maximum absolute atomic E-state index is 10.9. The Hall–Kier alpha value is -1.51. The van der Waals surface area contributed by atoms with Crippen LogP contribution in [0.25, 0.3) is 0 Å². The second kappa shape index (κ2) is 4.13. The van der Waals surface area contributed by atoms with Gasteiger partial charge in [-0.3, -0.25) is 4.79 Å². The van der Waals surface area contributed by atoms with E-state index in [1.54, 1.807) is 6.07 Å². The summed E-state index contributed by atoms with van der Waals surface area (Å²) in [6.07, 6.45) is 0. The molecule has 0 aliphatic heterocycles. The summed E-state index contributed by atoms with van der Waals surface area (Å²) >= 11 is 0. The normalized spacial score (nSPS) is 10.3. The summed E-state index contributed by atoms with van der Waals surface area (Å²) in [6.45, 7) is 4.19. The van der Waals surface area contributed by atoms with E-state index in [0.717, 1.165) is 5.69 Å². The van der Waals surface area contributed by atoms with E-state index in [4.69, 9.17) is 5.73 Å². The lowest BCUT2D eigenvalue weighted by molar-refractivity contribution is 0.100. The van der Waals surface area contributed by atoms with Crippen LogP contribution in [0.2, 0.25) is 0 Å². The third-order valence-corrected chi connectivity index (χ3v) is 2.31. The maximum atomic E-state index is 10.9. The summed E-state index contributed by atoms with van der Waals surface area (Å²) in [6, 6.07) is 7.74. The van der Waals surface area contributed by atoms with Gasteiger partial charge < -0.3 is 10.6 Å². The molecule has 0 aliphatic carbocycles. The Labute approximate surface area is 84.5 Å². The minimum absolute atomic E-state index is 0.385. The summed E-state index contributed by atoms with van der Waals surface area (Å²) in [4.78, 5) is 13.0. The number of rotatable bonds is 3. The highest BCUT2D eigenvalue weighted by atomic mass is 16.1. The molecule has 0 aromatic heterocycles. The Morgan fingerprint density at radius 1 is 1.43 bits per heavy atom. The molecular formula is C11H16N2O. The molecular weight excluding hydrogens is 176 g/mol. The second-order valence-electron chi connectivity index (χ2n) is 3.62. The molecule has 1 rings (SSSR count). The molecule has 0 fully saturated rings. The summed E-state index contributed by atoms with van der Waals surface area (Å²) in [5, 5.41) is 0. The summed E-state index contributed by atoms with van der Waals surface area (Å²) in [7, 11) is 1.99. The molecule has 0 aliphatic rings. The maximum Gasteiger partial charge on any atom is 0.248 e. The van der Waals surface area contributed by atoms with E-state index in [2.05, 4.69) is 18.7 Å². The Morgan fingerprint density at radius 3 is 2.57 bits per heavy atom. The number of carbonyl (C=O) groups excluding carboxylic acids is 1. The Morgan fingerprint density at radius 2 is 2.07 bits per heavy atom. The third kappa shape index (κ3) is 2.25. The standard InChI is InChI=1S/C11H16N2O/c1-8(2)13(3)10-6-4-5-9(7-10)11(12)14/h4-8H,1-3H3,(H2,12,14). The van der Waals surface area contributed by atoms with Crippen molar-refractivity contribution in [3.63, 3.8) is 0 Å². The molecule has 0 atom stereocenters. The van der Waals surface area contributed by atoms with Crippen molar-refractivity contribution in [2.45, 2.75) is 19.9 Å². The van der Waals surface area contributed by atoms with E-state index >= 15 is 0 Å². The third-order valence-electron chi connectivity index (χ3n) is 2.31. The van der Waals surface area contributed by atoms with Gasteiger partial charge in [-0.1, -0.05) is 6.07 Å². The van der Waals surface area contributed by atoms with E-state index in [-0.39, 0.29) is 5.91 Å². The van der Waals surface area contributed by atoms with Crippen LogP contribution in [0.3, 0.4) is 0 Å². The van der Waals surface area contributed by atoms with E-state index in [1.165, 1.54) is 0 Å². The number of hydrogen-bond acceptors (Lipinski definition) is 2. The van der Waals surface area contributed by atoms with Gasteiger partial charge >= 0.3 is 0 Å². The van der Waals surface area contributed by atoms with Crippen LogP contribution in [0.4, 0.5) is 5.69 Å². The molecule has 3 heteroatoms. The molecule has 0 unspecified atom stereocenters. The topological polar surface area (TPSA) is 46.3 Å². The fraction of sp³-hybridized carbons (Fsp3) is 0.364. The average molecular weight is 192 g/mol. The summed E-state index contributed by atoms with van der Waals surface area (Å²) in [5.41, 5.74) is 6.76. The molecule has 3 nitrogen and oxygen atoms in total. The predicted molar refractivity (Wildman–Crippen MR) is 58.5 cm³/mol. The van der Waals surface area contributed by atoms with Crippen LogP contribution in [-0.4, -0.2) is 19.0 Å². The van der Waals surface area contributed by atoms with Gasteiger partial charge in [0.25, 0.3) is 0 Å². The first kappa shape index (κ1) is 10.6. The van der Waals surface area contributed by atoms with Crippen molar-refractivity contribution in [1.29, 1.82) is 0 Å². The lowest BCUT2D eigenvalue weighted by Crippen LogP contribution is -2.26. The number of nitrogens with two attached hydrogens (primary N) is 1. The van der Waals surface area contributed by atoms with Gasteiger partial charge in [0.05, 0.1) is 0 Å². The summed E-state index contributed by atoms with van der Waals surface area (Å²) in [5.74, 6) is -0.385. The minimum Gasteiger partial charge on any atom is -0.372 e. The highest BCUT2D eigenvalue weighted by molar-refractivity contribution is 5.93. The molecule has 1 aromatic carbocycles. The van der Waals surface area contributed by atoms with Crippen LogP contribution in [-0.2, 0) is 0 Å². The average Bonchev–Trinajstić information content (AvgIpc) is 2.16. The van der Waals surface area contributed by atoms with Gasteiger partial charge in [-0.25, -0.2) is 0 Å². The molecule has 1 aromatic rings. The Balaban J connectivity index is 2.99. The van der Waals surface area contributed by atoms with Crippen molar-refractivity contribution in [3.05, 3.63) is 29.8 Å². The number of amides is 1. The van der Waals surface area contributed by atoms with Crippen LogP contribution in [0.5, 0.6) is 0 Å². The van der Waals surface area contributed by atoms with E-state index in [1.807, 2.05) is 25.2 Å². The molecule has 0 spiro atoms. The van der Waals surface area contributed by atoms with Crippen molar-refractivity contribution >= 4 is 11.6 Å². The highest BCUT2D eigenvalue weighted by Gasteiger charge is 2.06. The van der Waals surface area contributed by atoms with Crippen LogP contribution in [0.1, 0.15) is 24.2 Å². The minimum atomic E-state index is -0.385. The molecule has 0 bridgehead atoms. The van der Waals surface area contributed by atoms with Crippen LogP contribution < -0.4 is 10.6 Å². The molecule has 0 saturated carbocycles. The fourth-order valence-electron chi connectivity index (χ4n) is 1.18. The van der Waals surface area contributed by atoms with Crippen molar-refractivity contribution in [3.8, 4) is 0 Å². The number of carbonyl (C=O) groups is 1. The Kier molecular flexibility index (Phi) is 3.12. The molecule has 0 radical (unpaired) electrons. The smallest absolute Gasteiger partial charge is 0.248 e. The first-order valence-corrected chi connectivity index (χ1v) is 4.65. The van der Waals surface area contributed by atoms with Gasteiger partial charge in [-0.2, -0.15) is 0 Å².